The van der Waals surface area contributed by atoms with E-state index in [1.807, 2.05) is 24.0 Å². The van der Waals surface area contributed by atoms with Crippen LogP contribution >= 0.6 is 35.3 Å². The number of thiophene rings is 1. The summed E-state index contributed by atoms with van der Waals surface area (Å²) in [5.74, 6) is 0.237. The minimum Gasteiger partial charge on any atom is -0.338 e. The summed E-state index contributed by atoms with van der Waals surface area (Å²) in [5.41, 5.74) is 0. The highest BCUT2D eigenvalue weighted by atomic mass is 35.5. The number of nitrogens with zero attached hydrogens (tertiary/aromatic N) is 1. The van der Waals surface area contributed by atoms with Gasteiger partial charge in [0.05, 0.1) is 10.9 Å². The van der Waals surface area contributed by atoms with Gasteiger partial charge in [0, 0.05) is 23.9 Å². The van der Waals surface area contributed by atoms with Gasteiger partial charge in [0.25, 0.3) is 0 Å². The molecular formula is C13H20Cl2N2OS. The lowest BCUT2D eigenvalue weighted by atomic mass is 10.1. The molecule has 1 aliphatic rings. The van der Waals surface area contributed by atoms with Gasteiger partial charge in [-0.05, 0) is 38.4 Å². The van der Waals surface area contributed by atoms with Crippen molar-refractivity contribution in [3.63, 3.8) is 0 Å². The maximum Gasteiger partial charge on any atom is 0.224 e. The Morgan fingerprint density at radius 2 is 2.37 bits per heavy atom. The minimum atomic E-state index is 0. The molecule has 1 aliphatic heterocycles. The zero-order chi connectivity index (χ0) is 13.0. The van der Waals surface area contributed by atoms with Gasteiger partial charge in [0.1, 0.15) is 0 Å². The molecule has 0 radical (unpaired) electrons. The molecule has 0 saturated carbocycles. The van der Waals surface area contributed by atoms with Crippen molar-refractivity contribution in [2.24, 2.45) is 0 Å². The predicted molar refractivity (Wildman–Crippen MR) is 83.3 cm³/mol. The summed E-state index contributed by atoms with van der Waals surface area (Å²) in [4.78, 5) is 15.3. The van der Waals surface area contributed by atoms with Crippen LogP contribution in [0.5, 0.6) is 0 Å². The molecule has 1 atom stereocenters. The molecule has 19 heavy (non-hydrogen) atoms. The van der Waals surface area contributed by atoms with Gasteiger partial charge < -0.3 is 10.2 Å². The van der Waals surface area contributed by atoms with Crippen LogP contribution in [0.1, 0.15) is 31.1 Å². The van der Waals surface area contributed by atoms with E-state index >= 15 is 0 Å². The number of halogens is 2. The molecule has 1 aromatic heterocycles. The Hall–Kier alpha value is -0.290. The number of nitrogens with one attached hydrogen (secondary N) is 1. The van der Waals surface area contributed by atoms with E-state index in [0.29, 0.717) is 19.0 Å². The minimum absolute atomic E-state index is 0. The third kappa shape index (κ3) is 4.95. The van der Waals surface area contributed by atoms with Crippen molar-refractivity contribution in [2.75, 3.05) is 13.1 Å². The molecule has 6 heteroatoms. The fraction of sp³-hybridized carbons (Fsp3) is 0.615. The van der Waals surface area contributed by atoms with E-state index in [2.05, 4.69) is 5.32 Å². The number of carbonyl (C=O) groups excluding carboxylic acids is 1. The standard InChI is InChI=1S/C13H19ClN2OS.ClH/c1-2-16(9-11-5-6-12(14)18-11)13(17)8-10-4-3-7-15-10;/h5-6,10,15H,2-4,7-9H2,1H3;1H. The smallest absolute Gasteiger partial charge is 0.224 e. The van der Waals surface area contributed by atoms with Gasteiger partial charge in [-0.15, -0.1) is 23.7 Å². The molecule has 1 amide bonds. The normalized spacial score (nSPS) is 18.1. The fourth-order valence-electron chi connectivity index (χ4n) is 2.27. The third-order valence-electron chi connectivity index (χ3n) is 3.29. The van der Waals surface area contributed by atoms with Crippen molar-refractivity contribution in [1.82, 2.24) is 10.2 Å². The maximum absolute atomic E-state index is 12.2. The summed E-state index contributed by atoms with van der Waals surface area (Å²) in [6.07, 6.45) is 2.92. The van der Waals surface area contributed by atoms with Crippen LogP contribution < -0.4 is 5.32 Å². The van der Waals surface area contributed by atoms with Crippen molar-refractivity contribution in [2.45, 2.75) is 38.8 Å². The lowest BCUT2D eigenvalue weighted by molar-refractivity contribution is -0.132. The predicted octanol–water partition coefficient (Wildman–Crippen LogP) is 3.31. The fourth-order valence-corrected chi connectivity index (χ4v) is 3.38. The summed E-state index contributed by atoms with van der Waals surface area (Å²) < 4.78 is 0.783. The summed E-state index contributed by atoms with van der Waals surface area (Å²) in [6.45, 7) is 4.50. The molecule has 108 valence electrons. The lowest BCUT2D eigenvalue weighted by Gasteiger charge is -2.22. The van der Waals surface area contributed by atoms with Crippen molar-refractivity contribution in [3.05, 3.63) is 21.3 Å². The first-order chi connectivity index (χ1) is 8.69. The molecule has 1 N–H and O–H groups in total. The van der Waals surface area contributed by atoms with Crippen LogP contribution in [0.3, 0.4) is 0 Å². The Morgan fingerprint density at radius 1 is 1.58 bits per heavy atom. The summed E-state index contributed by atoms with van der Waals surface area (Å²) in [6, 6.07) is 4.26. The third-order valence-corrected chi connectivity index (χ3v) is 4.51. The van der Waals surface area contributed by atoms with Gasteiger partial charge in [-0.2, -0.15) is 0 Å². The zero-order valence-electron chi connectivity index (χ0n) is 11.0. The molecule has 0 aliphatic carbocycles. The van der Waals surface area contributed by atoms with E-state index in [9.17, 15) is 4.79 Å². The van der Waals surface area contributed by atoms with Crippen molar-refractivity contribution < 1.29 is 4.79 Å². The lowest BCUT2D eigenvalue weighted by Crippen LogP contribution is -2.35. The highest BCUT2D eigenvalue weighted by molar-refractivity contribution is 7.16. The maximum atomic E-state index is 12.2. The Kier molecular flexibility index (Phi) is 7.15. The van der Waals surface area contributed by atoms with E-state index in [4.69, 9.17) is 11.6 Å². The Balaban J connectivity index is 0.00000180. The van der Waals surface area contributed by atoms with Crippen LogP contribution in [0.4, 0.5) is 0 Å². The molecule has 1 unspecified atom stereocenters. The number of hydrogen-bond donors (Lipinski definition) is 1. The van der Waals surface area contributed by atoms with E-state index < -0.39 is 0 Å². The van der Waals surface area contributed by atoms with Crippen LogP contribution in [0.15, 0.2) is 12.1 Å². The van der Waals surface area contributed by atoms with Crippen LogP contribution in [0, 0.1) is 0 Å². The van der Waals surface area contributed by atoms with Gasteiger partial charge >= 0.3 is 0 Å². The molecule has 0 bridgehead atoms. The molecule has 1 saturated heterocycles. The van der Waals surface area contributed by atoms with Crippen LogP contribution in [-0.4, -0.2) is 29.9 Å². The molecule has 0 aromatic carbocycles. The molecule has 2 heterocycles. The average Bonchev–Trinajstić information content (AvgIpc) is 2.97. The number of rotatable bonds is 5. The summed E-state index contributed by atoms with van der Waals surface area (Å²) in [5, 5.41) is 3.37. The van der Waals surface area contributed by atoms with Gasteiger partial charge in [-0.25, -0.2) is 0 Å². The average molecular weight is 323 g/mol. The van der Waals surface area contributed by atoms with E-state index in [-0.39, 0.29) is 18.3 Å². The molecule has 1 aromatic rings. The molecule has 0 spiro atoms. The van der Waals surface area contributed by atoms with Crippen molar-refractivity contribution in [3.8, 4) is 0 Å². The van der Waals surface area contributed by atoms with Gasteiger partial charge in [-0.1, -0.05) is 11.6 Å². The quantitative estimate of drug-likeness (QED) is 0.902. The molecular weight excluding hydrogens is 303 g/mol. The van der Waals surface area contributed by atoms with Gasteiger partial charge in [0.2, 0.25) is 5.91 Å². The van der Waals surface area contributed by atoms with E-state index in [0.717, 1.165) is 28.7 Å². The highest BCUT2D eigenvalue weighted by Gasteiger charge is 2.21. The van der Waals surface area contributed by atoms with Gasteiger partial charge in [0.15, 0.2) is 0 Å². The first-order valence-corrected chi connectivity index (χ1v) is 7.64. The van der Waals surface area contributed by atoms with Crippen LogP contribution in [-0.2, 0) is 11.3 Å². The molecule has 1 fully saturated rings. The number of amides is 1. The monoisotopic (exact) mass is 322 g/mol. The molecule has 2 rings (SSSR count). The summed E-state index contributed by atoms with van der Waals surface area (Å²) in [7, 11) is 0. The van der Waals surface area contributed by atoms with Crippen molar-refractivity contribution >= 4 is 41.3 Å². The van der Waals surface area contributed by atoms with Crippen LogP contribution in [0.2, 0.25) is 4.34 Å². The van der Waals surface area contributed by atoms with Crippen molar-refractivity contribution in [1.29, 1.82) is 0 Å². The Bertz CT molecular complexity index is 405. The topological polar surface area (TPSA) is 32.3 Å². The summed E-state index contributed by atoms with van der Waals surface area (Å²) >= 11 is 7.46. The first-order valence-electron chi connectivity index (χ1n) is 6.44. The largest absolute Gasteiger partial charge is 0.338 e. The first kappa shape index (κ1) is 16.8. The second-order valence-electron chi connectivity index (χ2n) is 4.61. The Labute approximate surface area is 129 Å². The molecule has 3 nitrogen and oxygen atoms in total. The second-order valence-corrected chi connectivity index (χ2v) is 6.41. The Morgan fingerprint density at radius 3 is 2.89 bits per heavy atom. The van der Waals surface area contributed by atoms with Crippen LogP contribution in [0.25, 0.3) is 0 Å². The SMILES string of the molecule is CCN(Cc1ccc(Cl)s1)C(=O)CC1CCCN1.Cl. The van der Waals surface area contributed by atoms with Gasteiger partial charge in [-0.3, -0.25) is 4.79 Å². The van der Waals surface area contributed by atoms with E-state index in [1.165, 1.54) is 6.42 Å². The van der Waals surface area contributed by atoms with E-state index in [1.54, 1.807) is 11.3 Å². The number of hydrogen-bond acceptors (Lipinski definition) is 3. The highest BCUT2D eigenvalue weighted by Crippen LogP contribution is 2.23. The second kappa shape index (κ2) is 8.10. The number of carbonyl (C=O) groups is 1. The zero-order valence-corrected chi connectivity index (χ0v) is 13.4.